The number of amides is 1. The molecule has 0 spiro atoms. The monoisotopic (exact) mass is 243 g/mol. The Bertz CT molecular complexity index is 615. The molecule has 1 aromatic heterocycles. The molecule has 4 heteroatoms. The van der Waals surface area contributed by atoms with Gasteiger partial charge in [0.25, 0.3) is 0 Å². The molecule has 0 saturated carbocycles. The highest BCUT2D eigenvalue weighted by atomic mass is 16.1. The molecule has 0 aliphatic carbocycles. The van der Waals surface area contributed by atoms with E-state index in [9.17, 15) is 4.79 Å². The number of hydrogen-bond acceptors (Lipinski definition) is 2. The van der Waals surface area contributed by atoms with Gasteiger partial charge in [0.15, 0.2) is 0 Å². The fourth-order valence-electron chi connectivity index (χ4n) is 2.72. The third-order valence-corrected chi connectivity index (χ3v) is 3.50. The highest BCUT2D eigenvalue weighted by Crippen LogP contribution is 2.29. The number of nitrogens with one attached hydrogen (secondary N) is 1. The number of fused-ring (bicyclic) bond motifs is 3. The molecule has 1 atom stereocenters. The lowest BCUT2D eigenvalue weighted by Crippen LogP contribution is -2.31. The summed E-state index contributed by atoms with van der Waals surface area (Å²) in [5.74, 6) is 1.01. The molecule has 2 heterocycles. The summed E-state index contributed by atoms with van der Waals surface area (Å²) in [4.78, 5) is 15.9. The maximum Gasteiger partial charge on any atom is 0.217 e. The van der Waals surface area contributed by atoms with E-state index < -0.39 is 0 Å². The minimum Gasteiger partial charge on any atom is -0.346 e. The van der Waals surface area contributed by atoms with Crippen LogP contribution in [0.1, 0.15) is 37.2 Å². The Kier molecular flexibility index (Phi) is 2.58. The summed E-state index contributed by atoms with van der Waals surface area (Å²) < 4.78 is 2.24. The van der Waals surface area contributed by atoms with Crippen LogP contribution in [0.4, 0.5) is 0 Å². The van der Waals surface area contributed by atoms with Crippen molar-refractivity contribution >= 4 is 16.9 Å². The summed E-state index contributed by atoms with van der Waals surface area (Å²) in [5.41, 5.74) is 3.44. The van der Waals surface area contributed by atoms with Gasteiger partial charge in [-0.2, -0.15) is 0 Å². The van der Waals surface area contributed by atoms with Crippen molar-refractivity contribution in [1.82, 2.24) is 14.9 Å². The molecule has 0 bridgehead atoms. The number of benzene rings is 1. The molecule has 1 aliphatic rings. The van der Waals surface area contributed by atoms with E-state index in [1.54, 1.807) is 6.92 Å². The van der Waals surface area contributed by atoms with Gasteiger partial charge in [-0.05, 0) is 37.5 Å². The Labute approximate surface area is 106 Å². The fraction of sp³-hybridized carbons (Fsp3) is 0.429. The minimum absolute atomic E-state index is 0.0108. The van der Waals surface area contributed by atoms with Gasteiger partial charge in [-0.3, -0.25) is 4.79 Å². The van der Waals surface area contributed by atoms with Crippen LogP contribution in [0.3, 0.4) is 0 Å². The number of imidazole rings is 1. The van der Waals surface area contributed by atoms with Crippen molar-refractivity contribution in [2.75, 3.05) is 0 Å². The molecular weight excluding hydrogens is 226 g/mol. The average Bonchev–Trinajstić information content (AvgIpc) is 2.68. The van der Waals surface area contributed by atoms with Crippen LogP contribution in [-0.4, -0.2) is 15.5 Å². The number of aryl methyl sites for hydroxylation is 2. The predicted molar refractivity (Wildman–Crippen MR) is 70.3 cm³/mol. The average molecular weight is 243 g/mol. The number of hydrogen-bond donors (Lipinski definition) is 1. The summed E-state index contributed by atoms with van der Waals surface area (Å²) in [6.45, 7) is 4.64. The van der Waals surface area contributed by atoms with Crippen LogP contribution in [0, 0.1) is 6.92 Å². The zero-order valence-electron chi connectivity index (χ0n) is 10.7. The molecular formula is C14H17N3O. The maximum absolute atomic E-state index is 11.2. The summed E-state index contributed by atoms with van der Waals surface area (Å²) in [6, 6.07) is 6.36. The summed E-state index contributed by atoms with van der Waals surface area (Å²) in [6.07, 6.45) is 2.05. The normalized spacial score (nSPS) is 18.7. The SMILES string of the molecule is CC(=O)N[C@H]1CCCn2c1nc1ccc(C)cc12. The number of carbonyl (C=O) groups excluding carboxylic acids is 1. The van der Waals surface area contributed by atoms with Crippen LogP contribution in [0.5, 0.6) is 0 Å². The molecule has 0 fully saturated rings. The lowest BCUT2D eigenvalue weighted by atomic mass is 10.1. The molecule has 3 rings (SSSR count). The second kappa shape index (κ2) is 4.12. The first-order valence-electron chi connectivity index (χ1n) is 6.39. The highest BCUT2D eigenvalue weighted by Gasteiger charge is 2.24. The predicted octanol–water partition coefficient (Wildman–Crippen LogP) is 2.32. The van der Waals surface area contributed by atoms with Gasteiger partial charge in [0.2, 0.25) is 5.91 Å². The Morgan fingerprint density at radius 2 is 2.33 bits per heavy atom. The third kappa shape index (κ3) is 1.78. The van der Waals surface area contributed by atoms with Gasteiger partial charge in [-0.25, -0.2) is 4.98 Å². The quantitative estimate of drug-likeness (QED) is 0.835. The molecule has 94 valence electrons. The Morgan fingerprint density at radius 3 is 3.11 bits per heavy atom. The van der Waals surface area contributed by atoms with Crippen LogP contribution in [-0.2, 0) is 11.3 Å². The molecule has 1 N–H and O–H groups in total. The van der Waals surface area contributed by atoms with E-state index in [-0.39, 0.29) is 11.9 Å². The number of nitrogens with zero attached hydrogens (tertiary/aromatic N) is 2. The van der Waals surface area contributed by atoms with Crippen LogP contribution < -0.4 is 5.32 Å². The molecule has 1 aromatic carbocycles. The van der Waals surface area contributed by atoms with E-state index in [0.29, 0.717) is 0 Å². The van der Waals surface area contributed by atoms with Crippen LogP contribution in [0.15, 0.2) is 18.2 Å². The van der Waals surface area contributed by atoms with Gasteiger partial charge in [0.1, 0.15) is 5.82 Å². The van der Waals surface area contributed by atoms with E-state index in [2.05, 4.69) is 40.0 Å². The van der Waals surface area contributed by atoms with Gasteiger partial charge in [-0.1, -0.05) is 6.07 Å². The first-order valence-corrected chi connectivity index (χ1v) is 6.39. The van der Waals surface area contributed by atoms with Crippen molar-refractivity contribution in [2.24, 2.45) is 0 Å². The minimum atomic E-state index is 0.0108. The van der Waals surface area contributed by atoms with Gasteiger partial charge >= 0.3 is 0 Å². The van der Waals surface area contributed by atoms with Crippen molar-refractivity contribution in [3.63, 3.8) is 0 Å². The van der Waals surface area contributed by atoms with Gasteiger partial charge < -0.3 is 9.88 Å². The zero-order chi connectivity index (χ0) is 12.7. The van der Waals surface area contributed by atoms with Crippen LogP contribution in [0.25, 0.3) is 11.0 Å². The van der Waals surface area contributed by atoms with Crippen LogP contribution >= 0.6 is 0 Å². The number of aromatic nitrogens is 2. The molecule has 18 heavy (non-hydrogen) atoms. The van der Waals surface area contributed by atoms with Crippen LogP contribution in [0.2, 0.25) is 0 Å². The first-order chi connectivity index (χ1) is 8.65. The number of carbonyl (C=O) groups is 1. The smallest absolute Gasteiger partial charge is 0.217 e. The Hall–Kier alpha value is -1.84. The van der Waals surface area contributed by atoms with E-state index in [1.807, 2.05) is 0 Å². The molecule has 1 amide bonds. The lowest BCUT2D eigenvalue weighted by Gasteiger charge is -2.24. The van der Waals surface area contributed by atoms with Gasteiger partial charge in [0.05, 0.1) is 17.1 Å². The Balaban J connectivity index is 2.12. The van der Waals surface area contributed by atoms with Crippen molar-refractivity contribution in [3.05, 3.63) is 29.6 Å². The summed E-state index contributed by atoms with van der Waals surface area (Å²) in [5, 5.41) is 2.99. The molecule has 2 aromatic rings. The molecule has 0 saturated heterocycles. The summed E-state index contributed by atoms with van der Waals surface area (Å²) in [7, 11) is 0. The summed E-state index contributed by atoms with van der Waals surface area (Å²) >= 11 is 0. The van der Waals surface area contributed by atoms with E-state index in [0.717, 1.165) is 30.7 Å². The topological polar surface area (TPSA) is 46.9 Å². The fourth-order valence-corrected chi connectivity index (χ4v) is 2.72. The van der Waals surface area contributed by atoms with E-state index in [1.165, 1.54) is 11.1 Å². The van der Waals surface area contributed by atoms with Crippen molar-refractivity contribution < 1.29 is 4.79 Å². The van der Waals surface area contributed by atoms with Crippen molar-refractivity contribution in [3.8, 4) is 0 Å². The second-order valence-electron chi connectivity index (χ2n) is 5.01. The second-order valence-corrected chi connectivity index (χ2v) is 5.01. The highest BCUT2D eigenvalue weighted by molar-refractivity contribution is 5.78. The molecule has 1 aliphatic heterocycles. The maximum atomic E-state index is 11.2. The van der Waals surface area contributed by atoms with E-state index >= 15 is 0 Å². The van der Waals surface area contributed by atoms with Crippen molar-refractivity contribution in [1.29, 1.82) is 0 Å². The lowest BCUT2D eigenvalue weighted by molar-refractivity contribution is -0.119. The molecule has 4 nitrogen and oxygen atoms in total. The molecule has 0 unspecified atom stereocenters. The molecule has 0 radical (unpaired) electrons. The third-order valence-electron chi connectivity index (χ3n) is 3.50. The standard InChI is InChI=1S/C14H17N3O/c1-9-5-6-11-13(8-9)17-7-3-4-12(14(17)16-11)15-10(2)18/h5-6,8,12H,3-4,7H2,1-2H3,(H,15,18)/t12-/m0/s1. The van der Waals surface area contributed by atoms with E-state index in [4.69, 9.17) is 0 Å². The number of rotatable bonds is 1. The zero-order valence-corrected chi connectivity index (χ0v) is 10.7. The first kappa shape index (κ1) is 11.3. The van der Waals surface area contributed by atoms with Crippen molar-refractivity contribution in [2.45, 2.75) is 39.3 Å². The largest absolute Gasteiger partial charge is 0.346 e. The van der Waals surface area contributed by atoms with Gasteiger partial charge in [-0.15, -0.1) is 0 Å². The Morgan fingerprint density at radius 1 is 1.50 bits per heavy atom. The van der Waals surface area contributed by atoms with Gasteiger partial charge in [0, 0.05) is 13.5 Å².